The number of aryl methyl sites for hydroxylation is 1. The second-order valence-electron chi connectivity index (χ2n) is 7.45. The van der Waals surface area contributed by atoms with Crippen LogP contribution in [0.3, 0.4) is 0 Å². The van der Waals surface area contributed by atoms with E-state index >= 15 is 0 Å². The summed E-state index contributed by atoms with van der Waals surface area (Å²) in [7, 11) is 0. The Kier molecular flexibility index (Phi) is 5.02. The van der Waals surface area contributed by atoms with Gasteiger partial charge in [0, 0.05) is 9.49 Å². The van der Waals surface area contributed by atoms with Crippen molar-refractivity contribution in [1.29, 1.82) is 0 Å². The highest BCUT2D eigenvalue weighted by atomic mass is 127. The summed E-state index contributed by atoms with van der Waals surface area (Å²) in [6.07, 6.45) is 12.4. The van der Waals surface area contributed by atoms with Gasteiger partial charge < -0.3 is 5.11 Å². The van der Waals surface area contributed by atoms with Crippen LogP contribution < -0.4 is 0 Å². The number of allylic oxidation sites excluding steroid dienone is 4. The molecule has 0 radical (unpaired) electrons. The number of fused-ring (bicyclic) bond motifs is 2. The number of hydrogen-bond acceptors (Lipinski definition) is 1. The lowest BCUT2D eigenvalue weighted by Crippen LogP contribution is -2.22. The van der Waals surface area contributed by atoms with Gasteiger partial charge in [0.25, 0.3) is 0 Å². The average molecular weight is 546 g/mol. The topological polar surface area (TPSA) is 20.2 Å². The van der Waals surface area contributed by atoms with Gasteiger partial charge in [0.1, 0.15) is 5.75 Å². The zero-order valence-electron chi connectivity index (χ0n) is 14.2. The lowest BCUT2D eigenvalue weighted by molar-refractivity contribution is 0.466. The smallest absolute Gasteiger partial charge is 0.136 e. The van der Waals surface area contributed by atoms with Gasteiger partial charge >= 0.3 is 0 Å². The van der Waals surface area contributed by atoms with Crippen LogP contribution in [0.1, 0.15) is 62.1 Å². The third kappa shape index (κ3) is 2.87. The zero-order chi connectivity index (χ0) is 16.8. The molecule has 0 aliphatic heterocycles. The summed E-state index contributed by atoms with van der Waals surface area (Å²) in [5, 5.41) is 11.0. The number of phenolic OH excluding ortho intramolecular Hbond substituents is 1. The summed E-state index contributed by atoms with van der Waals surface area (Å²) in [6.45, 7) is 2.36. The van der Waals surface area contributed by atoms with Gasteiger partial charge in [-0.05, 0) is 114 Å². The molecule has 1 aromatic rings. The van der Waals surface area contributed by atoms with Gasteiger partial charge in [0.2, 0.25) is 0 Å². The first-order valence-electron chi connectivity index (χ1n) is 9.19. The molecule has 1 nitrogen and oxygen atoms in total. The van der Waals surface area contributed by atoms with Crippen LogP contribution in [0.4, 0.5) is 0 Å². The molecule has 4 rings (SSSR count). The number of halogens is 2. The Morgan fingerprint density at radius 1 is 1.04 bits per heavy atom. The van der Waals surface area contributed by atoms with Gasteiger partial charge in [-0.25, -0.2) is 0 Å². The van der Waals surface area contributed by atoms with Crippen molar-refractivity contribution >= 4 is 50.8 Å². The summed E-state index contributed by atoms with van der Waals surface area (Å²) in [5.41, 5.74) is 8.75. The molecule has 0 bridgehead atoms. The molecule has 1 N–H and O–H groups in total. The van der Waals surface area contributed by atoms with E-state index in [1.54, 1.807) is 11.1 Å². The number of aromatic hydroxyl groups is 1. The maximum atomic E-state index is 11.0. The van der Waals surface area contributed by atoms with Crippen molar-refractivity contribution < 1.29 is 5.11 Å². The van der Waals surface area contributed by atoms with Gasteiger partial charge in [-0.3, -0.25) is 0 Å². The van der Waals surface area contributed by atoms with Crippen LogP contribution in [0.2, 0.25) is 0 Å². The van der Waals surface area contributed by atoms with Gasteiger partial charge in [0.05, 0.1) is 3.57 Å². The fourth-order valence-electron chi connectivity index (χ4n) is 4.72. The van der Waals surface area contributed by atoms with Crippen molar-refractivity contribution in [2.75, 3.05) is 0 Å². The van der Waals surface area contributed by atoms with Gasteiger partial charge in [-0.1, -0.05) is 35.6 Å². The second kappa shape index (κ2) is 6.93. The Morgan fingerprint density at radius 3 is 2.58 bits per heavy atom. The average Bonchev–Trinajstić information content (AvgIpc) is 2.58. The van der Waals surface area contributed by atoms with Gasteiger partial charge in [0.15, 0.2) is 0 Å². The summed E-state index contributed by atoms with van der Waals surface area (Å²) >= 11 is 4.92. The van der Waals surface area contributed by atoms with Crippen LogP contribution in [0.25, 0.3) is 5.57 Å². The molecular weight excluding hydrogens is 522 g/mol. The summed E-state index contributed by atoms with van der Waals surface area (Å²) in [5.74, 6) is 1.03. The van der Waals surface area contributed by atoms with Crippen molar-refractivity contribution in [1.82, 2.24) is 0 Å². The van der Waals surface area contributed by atoms with E-state index in [0.29, 0.717) is 15.6 Å². The van der Waals surface area contributed by atoms with E-state index in [1.165, 1.54) is 67.2 Å². The molecule has 0 unspecified atom stereocenters. The Hall–Kier alpha value is -0.0400. The van der Waals surface area contributed by atoms with Crippen LogP contribution in [0.15, 0.2) is 23.3 Å². The zero-order valence-corrected chi connectivity index (χ0v) is 18.5. The van der Waals surface area contributed by atoms with E-state index in [0.717, 1.165) is 9.99 Å². The van der Waals surface area contributed by atoms with E-state index < -0.39 is 0 Å². The molecule has 0 spiro atoms. The Bertz CT molecular complexity index is 745. The van der Waals surface area contributed by atoms with Crippen molar-refractivity contribution in [3.8, 4) is 5.75 Å². The number of rotatable bonds is 1. The van der Waals surface area contributed by atoms with Crippen molar-refractivity contribution in [3.63, 3.8) is 0 Å². The highest BCUT2D eigenvalue weighted by Crippen LogP contribution is 2.50. The minimum absolute atomic E-state index is 0.484. The fraction of sp³-hybridized carbons (Fsp3) is 0.524. The van der Waals surface area contributed by atoms with Crippen LogP contribution in [0, 0.1) is 9.49 Å². The molecule has 0 heterocycles. The predicted molar refractivity (Wildman–Crippen MR) is 118 cm³/mol. The number of alkyl halides is 1. The predicted octanol–water partition coefficient (Wildman–Crippen LogP) is 6.58. The summed E-state index contributed by atoms with van der Waals surface area (Å²) in [4.78, 5) is 0. The number of benzene rings is 1. The highest BCUT2D eigenvalue weighted by Gasteiger charge is 2.33. The van der Waals surface area contributed by atoms with Crippen LogP contribution >= 0.6 is 45.2 Å². The standard InChI is InChI=1S/C21H24I2O/c1-12-17(22)10-13-6-2-4-8-15(13)19(12)20-16-9-5-3-7-14(16)11-18(23)21(20)24/h10-12,17,24H,2-9H2,1H3/t12-,17-/m0/s1. The van der Waals surface area contributed by atoms with Gasteiger partial charge in [-0.2, -0.15) is 0 Å². The minimum Gasteiger partial charge on any atom is -0.506 e. The Balaban J connectivity index is 1.98. The molecule has 0 aromatic heterocycles. The molecule has 3 aliphatic carbocycles. The normalized spacial score (nSPS) is 26.7. The minimum atomic E-state index is 0.484. The number of phenols is 1. The van der Waals surface area contributed by atoms with Gasteiger partial charge in [-0.15, -0.1) is 0 Å². The third-order valence-corrected chi connectivity index (χ3v) is 8.24. The van der Waals surface area contributed by atoms with E-state index in [4.69, 9.17) is 0 Å². The molecule has 1 saturated carbocycles. The molecule has 128 valence electrons. The quantitative estimate of drug-likeness (QED) is 0.312. The van der Waals surface area contributed by atoms with E-state index in [-0.39, 0.29) is 0 Å². The van der Waals surface area contributed by atoms with Crippen LogP contribution in [-0.2, 0) is 12.8 Å². The third-order valence-electron chi connectivity index (χ3n) is 5.97. The van der Waals surface area contributed by atoms with Crippen molar-refractivity contribution in [2.45, 2.75) is 62.2 Å². The van der Waals surface area contributed by atoms with E-state index in [2.05, 4.69) is 64.2 Å². The van der Waals surface area contributed by atoms with E-state index in [9.17, 15) is 5.11 Å². The number of hydrogen-bond donors (Lipinski definition) is 1. The Labute approximate surface area is 172 Å². The van der Waals surface area contributed by atoms with Crippen LogP contribution in [-0.4, -0.2) is 9.03 Å². The molecule has 24 heavy (non-hydrogen) atoms. The lowest BCUT2D eigenvalue weighted by Gasteiger charge is -2.35. The second-order valence-corrected chi connectivity index (χ2v) is 10.1. The molecule has 0 amide bonds. The highest BCUT2D eigenvalue weighted by molar-refractivity contribution is 14.1. The van der Waals surface area contributed by atoms with Crippen molar-refractivity contribution in [3.05, 3.63) is 43.5 Å². The molecular formula is C21H24I2O. The first-order chi connectivity index (χ1) is 11.6. The van der Waals surface area contributed by atoms with E-state index in [1.807, 2.05) is 0 Å². The molecule has 0 saturated heterocycles. The largest absolute Gasteiger partial charge is 0.506 e. The lowest BCUT2D eigenvalue weighted by atomic mass is 9.72. The molecule has 1 aromatic carbocycles. The molecule has 3 aliphatic rings. The summed E-state index contributed by atoms with van der Waals surface area (Å²) < 4.78 is 1.56. The SMILES string of the molecule is C[C@@H]1C(c2c(O)c(I)cc3c2CCCC3)=C2CCCCC2=C[C@@H]1I. The maximum absolute atomic E-state index is 11.0. The first-order valence-corrected chi connectivity index (χ1v) is 11.5. The first kappa shape index (κ1) is 17.4. The molecule has 3 heteroatoms. The maximum Gasteiger partial charge on any atom is 0.136 e. The summed E-state index contributed by atoms with van der Waals surface area (Å²) in [6, 6.07) is 2.23. The molecule has 2 atom stereocenters. The molecule has 1 fully saturated rings. The van der Waals surface area contributed by atoms with Crippen molar-refractivity contribution in [2.24, 2.45) is 5.92 Å². The monoisotopic (exact) mass is 546 g/mol. The fourth-order valence-corrected chi connectivity index (χ4v) is 6.16. The van der Waals surface area contributed by atoms with Crippen LogP contribution in [0.5, 0.6) is 5.75 Å². The Morgan fingerprint density at radius 2 is 1.75 bits per heavy atom.